The first-order valence-electron chi connectivity index (χ1n) is 6.17. The second kappa shape index (κ2) is 7.38. The lowest BCUT2D eigenvalue weighted by Crippen LogP contribution is -2.14. The monoisotopic (exact) mass is 366 g/mol. The van der Waals surface area contributed by atoms with Crippen molar-refractivity contribution in [2.24, 2.45) is 10.9 Å². The average molecular weight is 367 g/mol. The van der Waals surface area contributed by atoms with E-state index < -0.39 is 0 Å². The lowest BCUT2D eigenvalue weighted by atomic mass is 10.1. The van der Waals surface area contributed by atoms with E-state index >= 15 is 0 Å². The van der Waals surface area contributed by atoms with E-state index in [1.165, 1.54) is 4.90 Å². The molecule has 0 saturated carbocycles. The van der Waals surface area contributed by atoms with E-state index in [1.54, 1.807) is 24.9 Å². The summed E-state index contributed by atoms with van der Waals surface area (Å²) in [5.74, 6) is 1.44. The Bertz CT molecular complexity index is 662. The normalized spacial score (nSPS) is 11.4. The smallest absolute Gasteiger partial charge is 0.173 e. The highest BCUT2D eigenvalue weighted by Gasteiger charge is 2.09. The topological polar surface area (TPSA) is 67.8 Å². The van der Waals surface area contributed by atoms with Crippen molar-refractivity contribution >= 4 is 33.5 Å². The highest BCUT2D eigenvalue weighted by Crippen LogP contribution is 2.28. The molecular formula is C15H15BrN2O2S. The van der Waals surface area contributed by atoms with Gasteiger partial charge in [-0.2, -0.15) is 0 Å². The fourth-order valence-electron chi connectivity index (χ4n) is 1.81. The molecule has 0 heterocycles. The number of oxime groups is 1. The molecule has 2 aromatic carbocycles. The number of rotatable bonds is 5. The molecule has 0 unspecified atom stereocenters. The van der Waals surface area contributed by atoms with Crippen molar-refractivity contribution in [1.29, 1.82) is 0 Å². The van der Waals surface area contributed by atoms with Crippen LogP contribution in [0.1, 0.15) is 11.1 Å². The van der Waals surface area contributed by atoms with Crippen molar-refractivity contribution < 1.29 is 9.94 Å². The molecule has 0 bridgehead atoms. The quantitative estimate of drug-likeness (QED) is 0.277. The number of methoxy groups -OCH3 is 1. The predicted octanol–water partition coefficient (Wildman–Crippen LogP) is 3.84. The summed E-state index contributed by atoms with van der Waals surface area (Å²) < 4.78 is 6.35. The molecule has 2 rings (SSSR count). The van der Waals surface area contributed by atoms with Gasteiger partial charge in [-0.25, -0.2) is 0 Å². The van der Waals surface area contributed by atoms with Gasteiger partial charge < -0.3 is 15.7 Å². The highest BCUT2D eigenvalue weighted by molar-refractivity contribution is 9.10. The SMILES string of the molecule is COc1cc(CSc2cccc(Br)c2)ccc1/C(N)=N/O. The molecule has 0 aliphatic rings. The minimum Gasteiger partial charge on any atom is -0.496 e. The first-order chi connectivity index (χ1) is 10.1. The maximum absolute atomic E-state index is 8.75. The molecule has 0 amide bonds. The van der Waals surface area contributed by atoms with Crippen LogP contribution in [0.15, 0.2) is 57.0 Å². The third-order valence-electron chi connectivity index (χ3n) is 2.85. The van der Waals surface area contributed by atoms with Crippen LogP contribution in [0.5, 0.6) is 5.75 Å². The zero-order valence-electron chi connectivity index (χ0n) is 11.4. The van der Waals surface area contributed by atoms with Crippen LogP contribution in [0.2, 0.25) is 0 Å². The fraction of sp³-hybridized carbons (Fsp3) is 0.133. The fourth-order valence-corrected chi connectivity index (χ4v) is 3.26. The van der Waals surface area contributed by atoms with Crippen molar-refractivity contribution in [3.8, 4) is 5.75 Å². The minimum atomic E-state index is 0.0399. The first kappa shape index (κ1) is 15.7. The van der Waals surface area contributed by atoms with E-state index in [-0.39, 0.29) is 5.84 Å². The Morgan fingerprint density at radius 3 is 2.81 bits per heavy atom. The van der Waals surface area contributed by atoms with Crippen LogP contribution >= 0.6 is 27.7 Å². The molecule has 2 aromatic rings. The van der Waals surface area contributed by atoms with Gasteiger partial charge in [-0.3, -0.25) is 0 Å². The summed E-state index contributed by atoms with van der Waals surface area (Å²) in [5.41, 5.74) is 7.29. The van der Waals surface area contributed by atoms with E-state index in [1.807, 2.05) is 24.3 Å². The van der Waals surface area contributed by atoms with Gasteiger partial charge in [-0.15, -0.1) is 11.8 Å². The number of benzene rings is 2. The molecule has 3 N–H and O–H groups in total. The maximum atomic E-state index is 8.75. The molecular weight excluding hydrogens is 352 g/mol. The molecule has 0 saturated heterocycles. The molecule has 0 aliphatic carbocycles. The van der Waals surface area contributed by atoms with Crippen LogP contribution in [-0.2, 0) is 5.75 Å². The summed E-state index contributed by atoms with van der Waals surface area (Å²) in [5, 5.41) is 11.8. The van der Waals surface area contributed by atoms with Crippen molar-refractivity contribution in [2.75, 3.05) is 7.11 Å². The number of hydrogen-bond donors (Lipinski definition) is 2. The second-order valence-electron chi connectivity index (χ2n) is 4.27. The Kier molecular flexibility index (Phi) is 5.52. The zero-order chi connectivity index (χ0) is 15.2. The second-order valence-corrected chi connectivity index (χ2v) is 6.23. The van der Waals surface area contributed by atoms with Crippen LogP contribution < -0.4 is 10.5 Å². The van der Waals surface area contributed by atoms with E-state index in [2.05, 4.69) is 33.2 Å². The molecule has 4 nitrogen and oxygen atoms in total. The van der Waals surface area contributed by atoms with Crippen LogP contribution in [0.25, 0.3) is 0 Å². The summed E-state index contributed by atoms with van der Waals surface area (Å²) >= 11 is 5.19. The molecule has 0 aromatic heterocycles. The van der Waals surface area contributed by atoms with Crippen molar-refractivity contribution in [3.63, 3.8) is 0 Å². The largest absolute Gasteiger partial charge is 0.496 e. The molecule has 21 heavy (non-hydrogen) atoms. The van der Waals surface area contributed by atoms with Gasteiger partial charge in [0.1, 0.15) is 5.75 Å². The van der Waals surface area contributed by atoms with Gasteiger partial charge in [-0.1, -0.05) is 33.2 Å². The van der Waals surface area contributed by atoms with Crippen LogP contribution in [0, 0.1) is 0 Å². The van der Waals surface area contributed by atoms with Gasteiger partial charge in [0.25, 0.3) is 0 Å². The number of nitrogens with zero attached hydrogens (tertiary/aromatic N) is 1. The van der Waals surface area contributed by atoms with Gasteiger partial charge in [-0.05, 0) is 35.9 Å². The average Bonchev–Trinajstić information content (AvgIpc) is 2.52. The number of ether oxygens (including phenoxy) is 1. The predicted molar refractivity (Wildman–Crippen MR) is 89.2 cm³/mol. The molecule has 0 atom stereocenters. The third kappa shape index (κ3) is 4.15. The summed E-state index contributed by atoms with van der Waals surface area (Å²) in [6, 6.07) is 13.8. The Morgan fingerprint density at radius 2 is 2.14 bits per heavy atom. The summed E-state index contributed by atoms with van der Waals surface area (Å²) in [6.45, 7) is 0. The number of halogens is 1. The highest BCUT2D eigenvalue weighted by atomic mass is 79.9. The van der Waals surface area contributed by atoms with Crippen molar-refractivity contribution in [2.45, 2.75) is 10.6 Å². The van der Waals surface area contributed by atoms with E-state index in [9.17, 15) is 0 Å². The third-order valence-corrected chi connectivity index (χ3v) is 4.41. The number of hydrogen-bond acceptors (Lipinski definition) is 4. The molecule has 0 aliphatic heterocycles. The first-order valence-corrected chi connectivity index (χ1v) is 7.95. The minimum absolute atomic E-state index is 0.0399. The van der Waals surface area contributed by atoms with E-state index in [0.29, 0.717) is 11.3 Å². The van der Waals surface area contributed by atoms with Gasteiger partial charge >= 0.3 is 0 Å². The number of amidine groups is 1. The summed E-state index contributed by atoms with van der Waals surface area (Å²) in [6.07, 6.45) is 0. The van der Waals surface area contributed by atoms with Crippen molar-refractivity contribution in [3.05, 3.63) is 58.1 Å². The molecule has 0 spiro atoms. The Morgan fingerprint density at radius 1 is 1.33 bits per heavy atom. The van der Waals surface area contributed by atoms with Gasteiger partial charge in [0.15, 0.2) is 5.84 Å². The zero-order valence-corrected chi connectivity index (χ0v) is 13.8. The van der Waals surface area contributed by atoms with Gasteiger partial charge in [0.05, 0.1) is 12.7 Å². The molecule has 0 fully saturated rings. The lowest BCUT2D eigenvalue weighted by Gasteiger charge is -2.09. The van der Waals surface area contributed by atoms with Gasteiger partial charge in [0.2, 0.25) is 0 Å². The maximum Gasteiger partial charge on any atom is 0.173 e. The molecule has 6 heteroatoms. The number of thioether (sulfide) groups is 1. The van der Waals surface area contributed by atoms with Crippen LogP contribution in [0.3, 0.4) is 0 Å². The molecule has 0 radical (unpaired) electrons. The Labute approximate surface area is 136 Å². The standard InChI is InChI=1S/C15H15BrN2O2S/c1-20-14-7-10(5-6-13(14)15(17)18-19)9-21-12-4-2-3-11(16)8-12/h2-8,19H,9H2,1H3,(H2,17,18). The lowest BCUT2D eigenvalue weighted by molar-refractivity contribution is 0.318. The Balaban J connectivity index is 2.14. The van der Waals surface area contributed by atoms with E-state index in [4.69, 9.17) is 15.7 Å². The van der Waals surface area contributed by atoms with E-state index in [0.717, 1.165) is 15.8 Å². The van der Waals surface area contributed by atoms with Crippen LogP contribution in [0.4, 0.5) is 0 Å². The van der Waals surface area contributed by atoms with Gasteiger partial charge in [0, 0.05) is 15.1 Å². The molecule has 110 valence electrons. The van der Waals surface area contributed by atoms with Crippen LogP contribution in [-0.4, -0.2) is 18.2 Å². The number of nitrogens with two attached hydrogens (primary N) is 1. The Hall–Kier alpha value is -1.66. The summed E-state index contributed by atoms with van der Waals surface area (Å²) in [7, 11) is 1.56. The summed E-state index contributed by atoms with van der Waals surface area (Å²) in [4.78, 5) is 1.18. The van der Waals surface area contributed by atoms with Crippen molar-refractivity contribution in [1.82, 2.24) is 0 Å².